The second-order valence-electron chi connectivity index (χ2n) is 6.72. The van der Waals surface area contributed by atoms with E-state index in [2.05, 4.69) is 0 Å². The fraction of sp³-hybridized carbons (Fsp3) is 0.174. The van der Waals surface area contributed by atoms with Gasteiger partial charge in [0.1, 0.15) is 11.5 Å². The third kappa shape index (κ3) is 3.57. The van der Waals surface area contributed by atoms with Gasteiger partial charge in [0.05, 0.1) is 7.11 Å². The van der Waals surface area contributed by atoms with Crippen LogP contribution in [0.25, 0.3) is 10.8 Å². The SMILES string of the molecule is COc1ccc(OC(=O)CCCN2C(=O)c3cccc4cccc(c34)C2=O)cc1. The summed E-state index contributed by atoms with van der Waals surface area (Å²) in [5.74, 6) is 0.00368. The molecule has 4 rings (SSSR count). The second-order valence-corrected chi connectivity index (χ2v) is 6.72. The Morgan fingerprint density at radius 2 is 1.45 bits per heavy atom. The van der Waals surface area contributed by atoms with E-state index in [0.29, 0.717) is 34.4 Å². The van der Waals surface area contributed by atoms with E-state index in [1.54, 1.807) is 55.6 Å². The zero-order chi connectivity index (χ0) is 20.4. The van der Waals surface area contributed by atoms with Crippen LogP contribution in [-0.4, -0.2) is 36.3 Å². The lowest BCUT2D eigenvalue weighted by Crippen LogP contribution is -2.41. The third-order valence-electron chi connectivity index (χ3n) is 4.91. The van der Waals surface area contributed by atoms with Crippen molar-refractivity contribution in [1.29, 1.82) is 0 Å². The molecule has 1 aliphatic heterocycles. The molecule has 6 nitrogen and oxygen atoms in total. The van der Waals surface area contributed by atoms with Gasteiger partial charge in [0.2, 0.25) is 0 Å². The molecule has 3 aromatic carbocycles. The molecule has 1 aliphatic rings. The lowest BCUT2D eigenvalue weighted by Gasteiger charge is -2.27. The van der Waals surface area contributed by atoms with Gasteiger partial charge in [-0.1, -0.05) is 24.3 Å². The molecule has 0 saturated carbocycles. The summed E-state index contributed by atoms with van der Waals surface area (Å²) >= 11 is 0. The van der Waals surface area contributed by atoms with Gasteiger partial charge in [-0.15, -0.1) is 0 Å². The third-order valence-corrected chi connectivity index (χ3v) is 4.91. The molecular weight excluding hydrogens is 370 g/mol. The van der Waals surface area contributed by atoms with Gasteiger partial charge in [-0.25, -0.2) is 0 Å². The summed E-state index contributed by atoms with van der Waals surface area (Å²) in [5.41, 5.74) is 1.03. The zero-order valence-electron chi connectivity index (χ0n) is 15.9. The van der Waals surface area contributed by atoms with E-state index >= 15 is 0 Å². The molecule has 146 valence electrons. The van der Waals surface area contributed by atoms with Gasteiger partial charge in [-0.3, -0.25) is 19.3 Å². The largest absolute Gasteiger partial charge is 0.497 e. The van der Waals surface area contributed by atoms with Crippen molar-refractivity contribution < 1.29 is 23.9 Å². The monoisotopic (exact) mass is 389 g/mol. The zero-order valence-corrected chi connectivity index (χ0v) is 15.9. The van der Waals surface area contributed by atoms with Crippen LogP contribution in [0.4, 0.5) is 0 Å². The summed E-state index contributed by atoms with van der Waals surface area (Å²) in [6.45, 7) is 0.153. The summed E-state index contributed by atoms with van der Waals surface area (Å²) in [4.78, 5) is 38.9. The first kappa shape index (κ1) is 18.7. The predicted octanol–water partition coefficient (Wildman–Crippen LogP) is 3.83. The minimum atomic E-state index is -0.422. The molecular formula is C23H19NO5. The van der Waals surface area contributed by atoms with Crippen molar-refractivity contribution in [2.24, 2.45) is 0 Å². The van der Waals surface area contributed by atoms with Gasteiger partial charge in [0, 0.05) is 29.5 Å². The lowest BCUT2D eigenvalue weighted by molar-refractivity contribution is -0.134. The molecule has 3 aromatic rings. The van der Waals surface area contributed by atoms with Crippen LogP contribution < -0.4 is 9.47 Å². The highest BCUT2D eigenvalue weighted by Gasteiger charge is 2.32. The second kappa shape index (κ2) is 7.75. The number of nitrogens with zero attached hydrogens (tertiary/aromatic N) is 1. The maximum Gasteiger partial charge on any atom is 0.311 e. The predicted molar refractivity (Wildman–Crippen MR) is 107 cm³/mol. The van der Waals surface area contributed by atoms with Crippen LogP contribution in [0, 0.1) is 0 Å². The van der Waals surface area contributed by atoms with Crippen LogP contribution in [0.3, 0.4) is 0 Å². The Hall–Kier alpha value is -3.67. The number of benzene rings is 3. The van der Waals surface area contributed by atoms with E-state index < -0.39 is 5.97 Å². The highest BCUT2D eigenvalue weighted by atomic mass is 16.5. The number of ether oxygens (including phenoxy) is 2. The highest BCUT2D eigenvalue weighted by Crippen LogP contribution is 2.30. The smallest absolute Gasteiger partial charge is 0.311 e. The summed E-state index contributed by atoms with van der Waals surface area (Å²) in [7, 11) is 1.56. The minimum Gasteiger partial charge on any atom is -0.497 e. The van der Waals surface area contributed by atoms with Crippen molar-refractivity contribution in [1.82, 2.24) is 4.90 Å². The van der Waals surface area contributed by atoms with Gasteiger partial charge in [-0.2, -0.15) is 0 Å². The van der Waals surface area contributed by atoms with Crippen LogP contribution in [0.1, 0.15) is 33.6 Å². The van der Waals surface area contributed by atoms with E-state index in [4.69, 9.17) is 9.47 Å². The van der Waals surface area contributed by atoms with E-state index in [9.17, 15) is 14.4 Å². The summed E-state index contributed by atoms with van der Waals surface area (Å²) in [6, 6.07) is 17.5. The van der Waals surface area contributed by atoms with E-state index in [1.165, 1.54) is 4.90 Å². The number of carbonyl (C=O) groups is 3. The Morgan fingerprint density at radius 3 is 2.03 bits per heavy atom. The van der Waals surface area contributed by atoms with Crippen LogP contribution in [0.2, 0.25) is 0 Å². The highest BCUT2D eigenvalue weighted by molar-refractivity contribution is 6.25. The van der Waals surface area contributed by atoms with Crippen LogP contribution in [-0.2, 0) is 4.79 Å². The molecule has 0 radical (unpaired) electrons. The number of esters is 1. The summed E-state index contributed by atoms with van der Waals surface area (Å²) < 4.78 is 10.3. The average molecular weight is 389 g/mol. The molecule has 0 unspecified atom stereocenters. The van der Waals surface area contributed by atoms with E-state index in [1.807, 2.05) is 12.1 Å². The Labute approximate surface area is 167 Å². The molecule has 2 amide bonds. The molecule has 0 atom stereocenters. The molecule has 0 spiro atoms. The molecule has 1 heterocycles. The van der Waals surface area contributed by atoms with Crippen molar-refractivity contribution in [3.63, 3.8) is 0 Å². The molecule has 0 aromatic heterocycles. The number of methoxy groups -OCH3 is 1. The number of hydrogen-bond acceptors (Lipinski definition) is 5. The Bertz CT molecular complexity index is 1050. The maximum atomic E-state index is 12.8. The topological polar surface area (TPSA) is 72.9 Å². The van der Waals surface area contributed by atoms with Gasteiger partial charge in [-0.05, 0) is 48.2 Å². The summed E-state index contributed by atoms with van der Waals surface area (Å²) in [6.07, 6.45) is 0.416. The first-order valence-corrected chi connectivity index (χ1v) is 9.31. The van der Waals surface area contributed by atoms with Crippen LogP contribution in [0.15, 0.2) is 60.7 Å². The molecule has 6 heteroatoms. The van der Waals surface area contributed by atoms with Crippen molar-refractivity contribution in [2.45, 2.75) is 12.8 Å². The van der Waals surface area contributed by atoms with Gasteiger partial charge in [0.25, 0.3) is 11.8 Å². The minimum absolute atomic E-state index is 0.0922. The standard InChI is InChI=1S/C23H19NO5/c1-28-16-10-12-17(13-11-16)29-20(25)9-4-14-24-22(26)18-7-2-5-15-6-3-8-19(21(15)18)23(24)27/h2-3,5-8,10-13H,4,9,14H2,1H3. The number of rotatable bonds is 6. The summed E-state index contributed by atoms with van der Waals surface area (Å²) in [5, 5.41) is 1.56. The van der Waals surface area contributed by atoms with Crippen molar-refractivity contribution >= 4 is 28.6 Å². The maximum absolute atomic E-state index is 12.8. The number of hydrogen-bond donors (Lipinski definition) is 0. The van der Waals surface area contributed by atoms with Crippen molar-refractivity contribution in [2.75, 3.05) is 13.7 Å². The van der Waals surface area contributed by atoms with Gasteiger partial charge >= 0.3 is 5.97 Å². The number of carbonyl (C=O) groups excluding carboxylic acids is 3. The first-order valence-electron chi connectivity index (χ1n) is 9.31. The Kier molecular flexibility index (Phi) is 4.99. The molecule has 0 aliphatic carbocycles. The molecule has 29 heavy (non-hydrogen) atoms. The number of imide groups is 1. The molecule has 0 saturated heterocycles. The Balaban J connectivity index is 1.40. The van der Waals surface area contributed by atoms with Crippen molar-refractivity contribution in [3.8, 4) is 11.5 Å². The van der Waals surface area contributed by atoms with Crippen molar-refractivity contribution in [3.05, 3.63) is 71.8 Å². The van der Waals surface area contributed by atoms with Crippen LogP contribution in [0.5, 0.6) is 11.5 Å². The van der Waals surface area contributed by atoms with Gasteiger partial charge < -0.3 is 9.47 Å². The molecule has 0 fully saturated rings. The number of amides is 2. The molecule has 0 N–H and O–H groups in total. The fourth-order valence-electron chi connectivity index (χ4n) is 3.49. The lowest BCUT2D eigenvalue weighted by atomic mass is 9.94. The van der Waals surface area contributed by atoms with Crippen LogP contribution >= 0.6 is 0 Å². The van der Waals surface area contributed by atoms with E-state index in [0.717, 1.165) is 5.39 Å². The molecule has 0 bridgehead atoms. The first-order chi connectivity index (χ1) is 14.1. The quantitative estimate of drug-likeness (QED) is 0.364. The normalized spacial score (nSPS) is 12.9. The average Bonchev–Trinajstić information content (AvgIpc) is 2.74. The Morgan fingerprint density at radius 1 is 0.862 bits per heavy atom. The van der Waals surface area contributed by atoms with Gasteiger partial charge in [0.15, 0.2) is 0 Å². The fourth-order valence-corrected chi connectivity index (χ4v) is 3.49. The van der Waals surface area contributed by atoms with E-state index in [-0.39, 0.29) is 24.8 Å².